The Morgan fingerprint density at radius 3 is 2.53 bits per heavy atom. The van der Waals surface area contributed by atoms with E-state index in [9.17, 15) is 18.0 Å². The number of nitrogen functional groups attached to an aromatic ring is 1. The van der Waals surface area contributed by atoms with Gasteiger partial charge >= 0.3 is 6.18 Å². The van der Waals surface area contributed by atoms with Crippen molar-refractivity contribution >= 4 is 39.9 Å². The number of aliphatic hydroxyl groups is 1. The molecule has 0 bridgehead atoms. The van der Waals surface area contributed by atoms with Gasteiger partial charge in [0.05, 0.1) is 12.1 Å². The van der Waals surface area contributed by atoms with Crippen molar-refractivity contribution in [1.82, 2.24) is 5.32 Å². The van der Waals surface area contributed by atoms with E-state index >= 15 is 0 Å². The molecule has 1 aromatic rings. The molecule has 1 atom stereocenters. The first-order valence-corrected chi connectivity index (χ1v) is 5.59. The minimum Gasteiger partial charge on any atom is -0.398 e. The molecule has 0 radical (unpaired) electrons. The van der Waals surface area contributed by atoms with Gasteiger partial charge in [-0.2, -0.15) is 13.2 Å². The van der Waals surface area contributed by atoms with Crippen molar-refractivity contribution in [2.24, 2.45) is 0 Å². The summed E-state index contributed by atoms with van der Waals surface area (Å²) in [5.74, 6) is -0.775. The van der Waals surface area contributed by atoms with Gasteiger partial charge < -0.3 is 16.2 Å². The van der Waals surface area contributed by atoms with Crippen LogP contribution in [0.4, 0.5) is 18.9 Å². The molecule has 0 saturated carbocycles. The van der Waals surface area contributed by atoms with Gasteiger partial charge in [0.25, 0.3) is 5.91 Å². The quantitative estimate of drug-likeness (QED) is 0.720. The molecule has 0 heterocycles. The number of carbonyl (C=O) groups is 1. The standard InChI is InChI=1S/C10H10BrF3N2O2.ClH/c11-5-1-2-6(7(15)3-5)9(18)16-4-8(17)10(12,13)14;/h1-3,8,17H,4,15H2,(H,16,18);1H. The molecule has 0 aliphatic carbocycles. The third kappa shape index (κ3) is 5.25. The number of benzene rings is 1. The van der Waals surface area contributed by atoms with Crippen LogP contribution in [0.3, 0.4) is 0 Å². The maximum atomic E-state index is 12.0. The molecule has 0 aliphatic heterocycles. The summed E-state index contributed by atoms with van der Waals surface area (Å²) < 4.78 is 36.7. The second kappa shape index (κ2) is 6.97. The SMILES string of the molecule is Cl.Nc1cc(Br)ccc1C(=O)NCC(O)C(F)(F)F. The highest BCUT2D eigenvalue weighted by molar-refractivity contribution is 9.10. The predicted octanol–water partition coefficient (Wildman–Crippen LogP) is 2.11. The number of hydrogen-bond acceptors (Lipinski definition) is 3. The van der Waals surface area contributed by atoms with Gasteiger partial charge in [-0.05, 0) is 18.2 Å². The van der Waals surface area contributed by atoms with Crippen molar-refractivity contribution < 1.29 is 23.1 Å². The van der Waals surface area contributed by atoms with E-state index in [1.165, 1.54) is 18.2 Å². The molecule has 4 nitrogen and oxygen atoms in total. The van der Waals surface area contributed by atoms with E-state index in [0.717, 1.165) is 0 Å². The summed E-state index contributed by atoms with van der Waals surface area (Å²) in [4.78, 5) is 11.5. The van der Waals surface area contributed by atoms with Crippen LogP contribution in [0.15, 0.2) is 22.7 Å². The topological polar surface area (TPSA) is 75.4 Å². The molecule has 4 N–H and O–H groups in total. The molecule has 0 fully saturated rings. The highest BCUT2D eigenvalue weighted by Crippen LogP contribution is 2.20. The zero-order chi connectivity index (χ0) is 13.9. The van der Waals surface area contributed by atoms with Crippen molar-refractivity contribution in [1.29, 1.82) is 0 Å². The van der Waals surface area contributed by atoms with Crippen LogP contribution in [-0.4, -0.2) is 29.8 Å². The van der Waals surface area contributed by atoms with E-state index < -0.39 is 24.7 Å². The number of rotatable bonds is 3. The Balaban J connectivity index is 0.00000324. The number of nitrogens with one attached hydrogen (secondary N) is 1. The van der Waals surface area contributed by atoms with Gasteiger partial charge in [-0.15, -0.1) is 12.4 Å². The molecule has 1 aromatic carbocycles. The second-order valence-electron chi connectivity index (χ2n) is 3.50. The maximum absolute atomic E-state index is 12.0. The Kier molecular flexibility index (Phi) is 6.61. The summed E-state index contributed by atoms with van der Waals surface area (Å²) >= 11 is 3.13. The Hall–Kier alpha value is -0.990. The van der Waals surface area contributed by atoms with Gasteiger partial charge in [-0.25, -0.2) is 0 Å². The predicted molar refractivity (Wildman–Crippen MR) is 70.2 cm³/mol. The molecule has 0 aromatic heterocycles. The Morgan fingerprint density at radius 2 is 2.05 bits per heavy atom. The monoisotopic (exact) mass is 362 g/mol. The van der Waals surface area contributed by atoms with Gasteiger partial charge in [0.15, 0.2) is 6.10 Å². The molecule has 1 amide bonds. The average Bonchev–Trinajstić information content (AvgIpc) is 2.24. The first kappa shape index (κ1) is 18.0. The van der Waals surface area contributed by atoms with Crippen molar-refractivity contribution in [3.63, 3.8) is 0 Å². The third-order valence-electron chi connectivity index (χ3n) is 2.09. The first-order chi connectivity index (χ1) is 8.21. The maximum Gasteiger partial charge on any atom is 0.416 e. The van der Waals surface area contributed by atoms with E-state index in [-0.39, 0.29) is 23.7 Å². The lowest BCUT2D eigenvalue weighted by molar-refractivity contribution is -0.201. The van der Waals surface area contributed by atoms with Gasteiger partial charge in [0, 0.05) is 10.2 Å². The van der Waals surface area contributed by atoms with Crippen LogP contribution in [0, 0.1) is 0 Å². The number of alkyl halides is 3. The van der Waals surface area contributed by atoms with Crippen molar-refractivity contribution in [2.75, 3.05) is 12.3 Å². The number of anilines is 1. The van der Waals surface area contributed by atoms with Crippen LogP contribution in [-0.2, 0) is 0 Å². The van der Waals surface area contributed by atoms with E-state index in [0.29, 0.717) is 4.47 Å². The summed E-state index contributed by atoms with van der Waals surface area (Å²) in [6.07, 6.45) is -7.36. The molecular weight excluding hydrogens is 352 g/mol. The van der Waals surface area contributed by atoms with E-state index in [1.807, 2.05) is 5.32 Å². The normalized spacial score (nSPS) is 12.5. The summed E-state index contributed by atoms with van der Waals surface area (Å²) in [6, 6.07) is 4.36. The molecule has 0 aliphatic rings. The summed E-state index contributed by atoms with van der Waals surface area (Å²) in [7, 11) is 0. The Morgan fingerprint density at radius 1 is 1.47 bits per heavy atom. The molecule has 0 spiro atoms. The zero-order valence-electron chi connectivity index (χ0n) is 9.37. The van der Waals surface area contributed by atoms with E-state index in [2.05, 4.69) is 15.9 Å². The summed E-state index contributed by atoms with van der Waals surface area (Å²) in [6.45, 7) is -0.919. The lowest BCUT2D eigenvalue weighted by Gasteiger charge is -2.15. The number of hydrogen-bond donors (Lipinski definition) is 3. The summed E-state index contributed by atoms with van der Waals surface area (Å²) in [5, 5.41) is 10.7. The highest BCUT2D eigenvalue weighted by Gasteiger charge is 2.38. The van der Waals surface area contributed by atoms with E-state index in [4.69, 9.17) is 10.8 Å². The molecular formula is C10H11BrClF3N2O2. The lowest BCUT2D eigenvalue weighted by atomic mass is 10.1. The van der Waals surface area contributed by atoms with Crippen LogP contribution in [0.2, 0.25) is 0 Å². The lowest BCUT2D eigenvalue weighted by Crippen LogP contribution is -2.40. The smallest absolute Gasteiger partial charge is 0.398 e. The zero-order valence-corrected chi connectivity index (χ0v) is 11.8. The second-order valence-corrected chi connectivity index (χ2v) is 4.41. The minimum absolute atomic E-state index is 0. The molecule has 9 heteroatoms. The number of halogens is 5. The number of carbonyl (C=O) groups excluding carboxylic acids is 1. The van der Waals surface area contributed by atoms with Gasteiger partial charge in [0.2, 0.25) is 0 Å². The van der Waals surface area contributed by atoms with E-state index in [1.54, 1.807) is 0 Å². The first-order valence-electron chi connectivity index (χ1n) is 4.80. The fourth-order valence-corrected chi connectivity index (χ4v) is 1.52. The van der Waals surface area contributed by atoms with Crippen molar-refractivity contribution in [2.45, 2.75) is 12.3 Å². The summed E-state index contributed by atoms with van der Waals surface area (Å²) in [5.41, 5.74) is 5.72. The van der Waals surface area contributed by atoms with Crippen LogP contribution in [0.1, 0.15) is 10.4 Å². The fraction of sp³-hybridized carbons (Fsp3) is 0.300. The van der Waals surface area contributed by atoms with Crippen LogP contribution in [0.5, 0.6) is 0 Å². The highest BCUT2D eigenvalue weighted by atomic mass is 79.9. The number of amides is 1. The van der Waals surface area contributed by atoms with Gasteiger partial charge in [-0.1, -0.05) is 15.9 Å². The van der Waals surface area contributed by atoms with Crippen LogP contribution >= 0.6 is 28.3 Å². The van der Waals surface area contributed by atoms with Gasteiger partial charge in [0.1, 0.15) is 0 Å². The molecule has 108 valence electrons. The van der Waals surface area contributed by atoms with Crippen molar-refractivity contribution in [3.05, 3.63) is 28.2 Å². The number of aliphatic hydroxyl groups excluding tert-OH is 1. The Bertz CT molecular complexity index is 457. The number of nitrogens with two attached hydrogens (primary N) is 1. The average molecular weight is 364 g/mol. The minimum atomic E-state index is -4.77. The fourth-order valence-electron chi connectivity index (χ4n) is 1.14. The molecule has 1 rings (SSSR count). The third-order valence-corrected chi connectivity index (χ3v) is 2.59. The Labute approximate surface area is 121 Å². The molecule has 1 unspecified atom stereocenters. The largest absolute Gasteiger partial charge is 0.416 e. The van der Waals surface area contributed by atoms with Crippen LogP contribution in [0.25, 0.3) is 0 Å². The molecule has 0 saturated heterocycles. The van der Waals surface area contributed by atoms with Crippen molar-refractivity contribution in [3.8, 4) is 0 Å². The molecule has 19 heavy (non-hydrogen) atoms. The van der Waals surface area contributed by atoms with Gasteiger partial charge in [-0.3, -0.25) is 4.79 Å². The van der Waals surface area contributed by atoms with Crippen LogP contribution < -0.4 is 11.1 Å².